The summed E-state index contributed by atoms with van der Waals surface area (Å²) in [6.45, 7) is 3.81. The molecule has 0 saturated carbocycles. The van der Waals surface area contributed by atoms with Gasteiger partial charge in [-0.15, -0.1) is 21.5 Å². The first kappa shape index (κ1) is 18.2. The molecule has 5 rings (SSSR count). The van der Waals surface area contributed by atoms with Crippen LogP contribution in [0.1, 0.15) is 21.1 Å². The van der Waals surface area contributed by atoms with E-state index in [1.807, 2.05) is 56.3 Å². The number of hydrogen-bond donors (Lipinski definition) is 1. The fraction of sp³-hybridized carbons (Fsp3) is 0.100. The van der Waals surface area contributed by atoms with Gasteiger partial charge in [-0.1, -0.05) is 53.3 Å². The quantitative estimate of drug-likeness (QED) is 0.397. The van der Waals surface area contributed by atoms with Crippen LogP contribution in [0.3, 0.4) is 0 Å². The molecule has 5 aromatic rings. The number of thiophene rings is 1. The smallest absolute Gasteiger partial charge is 0.267 e. The van der Waals surface area contributed by atoms with E-state index in [0.29, 0.717) is 9.90 Å². The largest absolute Gasteiger partial charge is 0.321 e. The topological polar surface area (TPSA) is 72.2 Å². The molecule has 9 heteroatoms. The highest BCUT2D eigenvalue weighted by Crippen LogP contribution is 2.36. The average molecular weight is 440 g/mol. The number of fused-ring (bicyclic) bond motifs is 2. The van der Waals surface area contributed by atoms with Crippen molar-refractivity contribution in [2.75, 3.05) is 5.32 Å². The molecule has 0 radical (unpaired) electrons. The van der Waals surface area contributed by atoms with Crippen molar-refractivity contribution in [1.29, 1.82) is 0 Å². The van der Waals surface area contributed by atoms with Gasteiger partial charge >= 0.3 is 0 Å². The number of hydrogen-bond acceptors (Lipinski definition) is 6. The van der Waals surface area contributed by atoms with Crippen LogP contribution in [-0.2, 0) is 0 Å². The van der Waals surface area contributed by atoms with Crippen LogP contribution < -0.4 is 5.32 Å². The number of aryl methyl sites for hydroxylation is 2. The summed E-state index contributed by atoms with van der Waals surface area (Å²) >= 11 is 9.30. The molecular formula is C20H14ClN5OS2. The van der Waals surface area contributed by atoms with Crippen LogP contribution in [0.15, 0.2) is 42.5 Å². The first-order chi connectivity index (χ1) is 14.0. The van der Waals surface area contributed by atoms with Crippen LogP contribution in [0.5, 0.6) is 0 Å². The minimum absolute atomic E-state index is 0.217. The Labute approximate surface area is 178 Å². The van der Waals surface area contributed by atoms with E-state index in [4.69, 9.17) is 11.6 Å². The van der Waals surface area contributed by atoms with Crippen molar-refractivity contribution in [3.05, 3.63) is 63.8 Å². The van der Waals surface area contributed by atoms with Gasteiger partial charge in [0.2, 0.25) is 4.96 Å². The third-order valence-corrected chi connectivity index (χ3v) is 7.24. The number of amides is 1. The minimum atomic E-state index is -0.217. The minimum Gasteiger partial charge on any atom is -0.321 e. The molecule has 3 aromatic heterocycles. The maximum atomic E-state index is 12.9. The molecule has 1 amide bonds. The van der Waals surface area contributed by atoms with Crippen molar-refractivity contribution < 1.29 is 4.79 Å². The molecule has 0 atom stereocenters. The van der Waals surface area contributed by atoms with E-state index in [0.717, 1.165) is 42.7 Å². The van der Waals surface area contributed by atoms with Gasteiger partial charge in [0, 0.05) is 21.3 Å². The van der Waals surface area contributed by atoms with Gasteiger partial charge in [-0.2, -0.15) is 9.61 Å². The summed E-state index contributed by atoms with van der Waals surface area (Å²) in [5.41, 5.74) is 2.59. The monoisotopic (exact) mass is 439 g/mol. The Morgan fingerprint density at radius 3 is 2.72 bits per heavy atom. The number of carbonyl (C=O) groups is 1. The fourth-order valence-corrected chi connectivity index (χ4v) is 5.35. The van der Waals surface area contributed by atoms with E-state index in [9.17, 15) is 4.79 Å². The summed E-state index contributed by atoms with van der Waals surface area (Å²) in [5, 5.41) is 17.9. The zero-order chi connectivity index (χ0) is 20.1. The molecule has 3 heterocycles. The zero-order valence-corrected chi connectivity index (χ0v) is 17.8. The summed E-state index contributed by atoms with van der Waals surface area (Å²) in [7, 11) is 0. The van der Waals surface area contributed by atoms with Crippen LogP contribution in [0.25, 0.3) is 25.6 Å². The van der Waals surface area contributed by atoms with E-state index >= 15 is 0 Å². The molecule has 0 fully saturated rings. The first-order valence-electron chi connectivity index (χ1n) is 8.79. The number of rotatable bonds is 3. The van der Waals surface area contributed by atoms with Gasteiger partial charge in [0.25, 0.3) is 5.91 Å². The van der Waals surface area contributed by atoms with Crippen LogP contribution in [0, 0.1) is 13.8 Å². The normalized spacial score (nSPS) is 11.4. The van der Waals surface area contributed by atoms with Gasteiger partial charge in [0.1, 0.15) is 9.88 Å². The van der Waals surface area contributed by atoms with Gasteiger partial charge < -0.3 is 5.32 Å². The lowest BCUT2D eigenvalue weighted by Crippen LogP contribution is -2.11. The van der Waals surface area contributed by atoms with Crippen LogP contribution in [0.4, 0.5) is 5.69 Å². The lowest BCUT2D eigenvalue weighted by Gasteiger charge is -2.09. The Balaban J connectivity index is 1.49. The summed E-state index contributed by atoms with van der Waals surface area (Å²) in [5.74, 6) is 0.521. The molecule has 0 aliphatic carbocycles. The Hall–Kier alpha value is -2.81. The Kier molecular flexibility index (Phi) is 4.34. The standard InChI is InChI=1S/C20H14ClN5OS2/c1-10-7-8-12(19-25-26-11(2)23-24-20(26)29-19)9-14(10)22-18(27)17-16(21)13-5-3-4-6-15(13)28-17/h3-9H,1-2H3,(H,22,27). The predicted octanol–water partition coefficient (Wildman–Crippen LogP) is 5.59. The summed E-state index contributed by atoms with van der Waals surface area (Å²) in [6.07, 6.45) is 0. The number of nitrogens with one attached hydrogen (secondary N) is 1. The van der Waals surface area contributed by atoms with Crippen molar-refractivity contribution in [2.45, 2.75) is 13.8 Å². The number of carbonyl (C=O) groups excluding carboxylic acids is 1. The van der Waals surface area contributed by atoms with E-state index in [1.54, 1.807) is 4.52 Å². The summed E-state index contributed by atoms with van der Waals surface area (Å²) in [4.78, 5) is 14.2. The van der Waals surface area contributed by atoms with Crippen LogP contribution >= 0.6 is 34.3 Å². The van der Waals surface area contributed by atoms with Gasteiger partial charge in [-0.25, -0.2) is 0 Å². The highest BCUT2D eigenvalue weighted by molar-refractivity contribution is 7.21. The molecule has 2 aromatic carbocycles. The number of aromatic nitrogens is 4. The number of halogens is 1. The molecule has 0 spiro atoms. The zero-order valence-electron chi connectivity index (χ0n) is 15.4. The molecule has 144 valence electrons. The average Bonchev–Trinajstić information content (AvgIpc) is 3.39. The van der Waals surface area contributed by atoms with Crippen molar-refractivity contribution in [3.63, 3.8) is 0 Å². The molecular weight excluding hydrogens is 426 g/mol. The second-order valence-corrected chi connectivity index (χ2v) is 8.96. The van der Waals surface area contributed by atoms with Crippen molar-refractivity contribution in [3.8, 4) is 10.6 Å². The molecule has 29 heavy (non-hydrogen) atoms. The van der Waals surface area contributed by atoms with Gasteiger partial charge in [0.05, 0.1) is 5.02 Å². The van der Waals surface area contributed by atoms with Crippen LogP contribution in [0.2, 0.25) is 5.02 Å². The highest BCUT2D eigenvalue weighted by Gasteiger charge is 2.18. The maximum absolute atomic E-state index is 12.9. The maximum Gasteiger partial charge on any atom is 0.267 e. The number of nitrogens with zero attached hydrogens (tertiary/aromatic N) is 4. The molecule has 0 bridgehead atoms. The number of anilines is 1. The third kappa shape index (κ3) is 3.09. The van der Waals surface area contributed by atoms with Gasteiger partial charge in [-0.05, 0) is 31.5 Å². The summed E-state index contributed by atoms with van der Waals surface area (Å²) < 4.78 is 2.71. The van der Waals surface area contributed by atoms with Gasteiger partial charge in [0.15, 0.2) is 5.82 Å². The Morgan fingerprint density at radius 1 is 1.10 bits per heavy atom. The summed E-state index contributed by atoms with van der Waals surface area (Å²) in [6, 6.07) is 13.6. The third-order valence-electron chi connectivity index (χ3n) is 4.62. The molecule has 0 aliphatic heterocycles. The molecule has 6 nitrogen and oxygen atoms in total. The molecule has 0 aliphatic rings. The van der Waals surface area contributed by atoms with E-state index < -0.39 is 0 Å². The lowest BCUT2D eigenvalue weighted by atomic mass is 10.1. The number of benzene rings is 2. The van der Waals surface area contributed by atoms with Crippen LogP contribution in [-0.4, -0.2) is 25.7 Å². The molecule has 1 N–H and O–H groups in total. The van der Waals surface area contributed by atoms with E-state index in [2.05, 4.69) is 20.6 Å². The first-order valence-corrected chi connectivity index (χ1v) is 10.8. The lowest BCUT2D eigenvalue weighted by molar-refractivity contribution is 0.103. The van der Waals surface area contributed by atoms with Crippen molar-refractivity contribution in [2.24, 2.45) is 0 Å². The molecule has 0 saturated heterocycles. The van der Waals surface area contributed by atoms with E-state index in [-0.39, 0.29) is 5.91 Å². The van der Waals surface area contributed by atoms with Crippen molar-refractivity contribution in [1.82, 2.24) is 19.8 Å². The fourth-order valence-electron chi connectivity index (χ4n) is 3.06. The Bertz CT molecular complexity index is 1400. The SMILES string of the molecule is Cc1ccc(-c2nn3c(C)nnc3s2)cc1NC(=O)c1sc2ccccc2c1Cl. The highest BCUT2D eigenvalue weighted by atomic mass is 35.5. The second-order valence-electron chi connectivity index (χ2n) is 6.57. The van der Waals surface area contributed by atoms with Gasteiger partial charge in [-0.3, -0.25) is 4.79 Å². The molecule has 0 unspecified atom stereocenters. The Morgan fingerprint density at radius 2 is 1.93 bits per heavy atom. The van der Waals surface area contributed by atoms with Crippen molar-refractivity contribution >= 4 is 60.9 Å². The van der Waals surface area contributed by atoms with E-state index in [1.165, 1.54) is 22.7 Å². The second kappa shape index (κ2) is 6.91. The predicted molar refractivity (Wildman–Crippen MR) is 118 cm³/mol.